The van der Waals surface area contributed by atoms with Gasteiger partial charge in [0.25, 0.3) is 0 Å². The number of nitrogens with zero attached hydrogens (tertiary/aromatic N) is 5. The molecule has 9 rings (SSSR count). The van der Waals surface area contributed by atoms with Crippen molar-refractivity contribution in [2.75, 3.05) is 0 Å². The van der Waals surface area contributed by atoms with Gasteiger partial charge < -0.3 is 4.57 Å². The summed E-state index contributed by atoms with van der Waals surface area (Å²) < 4.78 is 4.69. The predicted molar refractivity (Wildman–Crippen MR) is 179 cm³/mol. The van der Waals surface area contributed by atoms with Gasteiger partial charge in [-0.05, 0) is 65.7 Å². The fourth-order valence-electron chi connectivity index (χ4n) is 6.60. The van der Waals surface area contributed by atoms with Gasteiger partial charge in [0.2, 0.25) is 0 Å². The summed E-state index contributed by atoms with van der Waals surface area (Å²) in [6.45, 7) is 0. The second-order valence-electron chi connectivity index (χ2n) is 11.0. The van der Waals surface area contributed by atoms with Gasteiger partial charge in [-0.2, -0.15) is 0 Å². The largest absolute Gasteiger partial charge is 0.308 e. The van der Waals surface area contributed by atoms with E-state index >= 15 is 0 Å². The Hall–Kier alpha value is -6.07. The Bertz CT molecular complexity index is 2420. The summed E-state index contributed by atoms with van der Waals surface area (Å²) in [6, 6.07) is 42.7. The van der Waals surface area contributed by atoms with E-state index in [1.54, 1.807) is 0 Å². The first-order valence-electron chi connectivity index (χ1n) is 14.7. The van der Waals surface area contributed by atoms with Crippen LogP contribution in [0.15, 0.2) is 152 Å². The average Bonchev–Trinajstić information content (AvgIpc) is 3.62. The zero-order chi connectivity index (χ0) is 29.0. The summed E-state index contributed by atoms with van der Waals surface area (Å²) in [5.41, 5.74) is 10.8. The summed E-state index contributed by atoms with van der Waals surface area (Å²) in [5.74, 6) is 0. The van der Waals surface area contributed by atoms with Crippen molar-refractivity contribution in [1.29, 1.82) is 0 Å². The summed E-state index contributed by atoms with van der Waals surface area (Å²) in [6.07, 6.45) is 9.52. The molecule has 0 atom stereocenters. The van der Waals surface area contributed by atoms with Crippen molar-refractivity contribution in [3.05, 3.63) is 152 Å². The van der Waals surface area contributed by atoms with Crippen molar-refractivity contribution in [2.45, 2.75) is 0 Å². The van der Waals surface area contributed by atoms with Gasteiger partial charge in [0.1, 0.15) is 5.65 Å². The zero-order valence-electron chi connectivity index (χ0n) is 23.7. The lowest BCUT2D eigenvalue weighted by molar-refractivity contribution is 1.14. The molecule has 0 radical (unpaired) electrons. The minimum Gasteiger partial charge on any atom is -0.308 e. The molecule has 5 nitrogen and oxygen atoms in total. The van der Waals surface area contributed by atoms with E-state index in [0.29, 0.717) is 0 Å². The Balaban J connectivity index is 1.46. The van der Waals surface area contributed by atoms with E-state index in [2.05, 4.69) is 128 Å². The van der Waals surface area contributed by atoms with Gasteiger partial charge >= 0.3 is 0 Å². The summed E-state index contributed by atoms with van der Waals surface area (Å²) in [5, 5.41) is 4.60. The topological polar surface area (TPSA) is 48.5 Å². The maximum Gasteiger partial charge on any atom is 0.147 e. The van der Waals surface area contributed by atoms with E-state index in [9.17, 15) is 0 Å². The fourth-order valence-corrected chi connectivity index (χ4v) is 6.60. The Labute approximate surface area is 253 Å². The number of pyridine rings is 3. The van der Waals surface area contributed by atoms with Crippen molar-refractivity contribution in [1.82, 2.24) is 24.1 Å². The number of benzene rings is 4. The molecule has 4 aromatic carbocycles. The van der Waals surface area contributed by atoms with E-state index in [1.165, 1.54) is 10.8 Å². The molecule has 0 aliphatic carbocycles. The highest BCUT2D eigenvalue weighted by atomic mass is 15.1. The van der Waals surface area contributed by atoms with Crippen molar-refractivity contribution in [3.63, 3.8) is 0 Å². The van der Waals surface area contributed by atoms with Gasteiger partial charge in [-0.1, -0.05) is 66.7 Å². The second kappa shape index (κ2) is 9.75. The van der Waals surface area contributed by atoms with Crippen LogP contribution in [0.25, 0.3) is 77.4 Å². The highest BCUT2D eigenvalue weighted by molar-refractivity contribution is 6.25. The molecule has 206 valence electrons. The van der Waals surface area contributed by atoms with Gasteiger partial charge in [0.05, 0.1) is 21.9 Å². The molecular weight excluding hydrogens is 538 g/mol. The molecule has 0 fully saturated rings. The van der Waals surface area contributed by atoms with Gasteiger partial charge in [-0.15, -0.1) is 0 Å². The third-order valence-corrected chi connectivity index (χ3v) is 8.50. The summed E-state index contributed by atoms with van der Waals surface area (Å²) in [7, 11) is 0. The molecule has 0 amide bonds. The third kappa shape index (κ3) is 3.69. The van der Waals surface area contributed by atoms with Gasteiger partial charge in [-0.3, -0.25) is 14.5 Å². The van der Waals surface area contributed by atoms with Crippen LogP contribution in [0.5, 0.6) is 0 Å². The van der Waals surface area contributed by atoms with Gasteiger partial charge in [-0.25, -0.2) is 4.98 Å². The zero-order valence-corrected chi connectivity index (χ0v) is 23.7. The molecule has 0 bridgehead atoms. The standard InChI is InChI=1S/C39H25N5/c1-2-12-30(13-3-1)44-36-17-7-5-15-33(36)37-38-34(25-42-39(37)44)32-14-4-6-16-35(32)43(38)31-21-28(26-10-8-18-40-23-26)20-29(22-31)27-11-9-19-41-24-27/h1-25H. The molecule has 5 aromatic heterocycles. The molecule has 5 heteroatoms. The van der Waals surface area contributed by atoms with Gasteiger partial charge in [0, 0.05) is 69.6 Å². The van der Waals surface area contributed by atoms with Crippen LogP contribution < -0.4 is 0 Å². The molecule has 0 unspecified atom stereocenters. The Morgan fingerprint density at radius 2 is 1.05 bits per heavy atom. The number of para-hydroxylation sites is 3. The molecule has 9 aromatic rings. The van der Waals surface area contributed by atoms with Crippen LogP contribution in [0.3, 0.4) is 0 Å². The Morgan fingerprint density at radius 1 is 0.432 bits per heavy atom. The van der Waals surface area contributed by atoms with Crippen molar-refractivity contribution < 1.29 is 0 Å². The van der Waals surface area contributed by atoms with Crippen LogP contribution in [0, 0.1) is 0 Å². The normalized spacial score (nSPS) is 11.6. The number of rotatable bonds is 4. The number of hydrogen-bond acceptors (Lipinski definition) is 3. The molecule has 0 saturated carbocycles. The molecular formula is C39H25N5. The molecule has 0 spiro atoms. The number of aromatic nitrogens is 5. The summed E-state index contributed by atoms with van der Waals surface area (Å²) in [4.78, 5) is 14.0. The third-order valence-electron chi connectivity index (χ3n) is 8.50. The molecule has 0 saturated heterocycles. The molecule has 0 N–H and O–H groups in total. The lowest BCUT2D eigenvalue weighted by Gasteiger charge is -2.14. The maximum atomic E-state index is 5.14. The van der Waals surface area contributed by atoms with Crippen molar-refractivity contribution >= 4 is 43.7 Å². The van der Waals surface area contributed by atoms with Crippen LogP contribution in [-0.4, -0.2) is 24.1 Å². The minimum atomic E-state index is 0.935. The van der Waals surface area contributed by atoms with E-state index in [4.69, 9.17) is 4.98 Å². The maximum absolute atomic E-state index is 5.14. The smallest absolute Gasteiger partial charge is 0.147 e. The fraction of sp³-hybridized carbons (Fsp3) is 0. The van der Waals surface area contributed by atoms with Crippen LogP contribution in [0.2, 0.25) is 0 Å². The number of hydrogen-bond donors (Lipinski definition) is 0. The lowest BCUT2D eigenvalue weighted by Crippen LogP contribution is -1.98. The van der Waals surface area contributed by atoms with Crippen LogP contribution >= 0.6 is 0 Å². The van der Waals surface area contributed by atoms with Gasteiger partial charge in [0.15, 0.2) is 0 Å². The predicted octanol–water partition coefficient (Wildman–Crippen LogP) is 9.40. The van der Waals surface area contributed by atoms with E-state index in [1.807, 2.05) is 43.1 Å². The first-order chi connectivity index (χ1) is 21.8. The molecule has 5 heterocycles. The average molecular weight is 564 g/mol. The van der Waals surface area contributed by atoms with E-state index in [-0.39, 0.29) is 0 Å². The monoisotopic (exact) mass is 563 g/mol. The lowest BCUT2D eigenvalue weighted by atomic mass is 9.99. The molecule has 0 aliphatic heterocycles. The summed E-state index contributed by atoms with van der Waals surface area (Å²) >= 11 is 0. The van der Waals surface area contributed by atoms with E-state index in [0.717, 1.165) is 66.6 Å². The second-order valence-corrected chi connectivity index (χ2v) is 11.0. The molecule has 0 aliphatic rings. The Morgan fingerprint density at radius 3 is 1.70 bits per heavy atom. The van der Waals surface area contributed by atoms with Crippen LogP contribution in [0.4, 0.5) is 0 Å². The van der Waals surface area contributed by atoms with Crippen LogP contribution in [0.1, 0.15) is 0 Å². The van der Waals surface area contributed by atoms with E-state index < -0.39 is 0 Å². The Kier molecular flexibility index (Phi) is 5.43. The quantitative estimate of drug-likeness (QED) is 0.214. The first kappa shape index (κ1) is 24.5. The number of fused-ring (bicyclic) bond motifs is 7. The molecule has 44 heavy (non-hydrogen) atoms. The van der Waals surface area contributed by atoms with Crippen molar-refractivity contribution in [3.8, 4) is 33.6 Å². The highest BCUT2D eigenvalue weighted by Gasteiger charge is 2.22. The van der Waals surface area contributed by atoms with Crippen molar-refractivity contribution in [2.24, 2.45) is 0 Å². The highest BCUT2D eigenvalue weighted by Crippen LogP contribution is 2.42. The van der Waals surface area contributed by atoms with Crippen LogP contribution in [-0.2, 0) is 0 Å². The first-order valence-corrected chi connectivity index (χ1v) is 14.7. The minimum absolute atomic E-state index is 0.935. The SMILES string of the molecule is c1ccc(-n2c3ccccc3c3c2ncc2c4ccccc4n(-c4cc(-c5cccnc5)cc(-c5cccnc5)c4)c23)cc1.